The van der Waals surface area contributed by atoms with Crippen LogP contribution in [0.2, 0.25) is 0 Å². The molecule has 0 fully saturated rings. The van der Waals surface area contributed by atoms with E-state index in [0.717, 1.165) is 36.2 Å². The van der Waals surface area contributed by atoms with E-state index in [1.807, 2.05) is 42.5 Å². The predicted molar refractivity (Wildman–Crippen MR) is 120 cm³/mol. The van der Waals surface area contributed by atoms with E-state index in [1.165, 1.54) is 0 Å². The molecule has 2 aromatic carbocycles. The maximum absolute atomic E-state index is 12.4. The van der Waals surface area contributed by atoms with Crippen molar-refractivity contribution in [3.05, 3.63) is 65.7 Å². The lowest BCUT2D eigenvalue weighted by Crippen LogP contribution is -2.43. The van der Waals surface area contributed by atoms with E-state index in [9.17, 15) is 13.2 Å². The summed E-state index contributed by atoms with van der Waals surface area (Å²) >= 11 is 0. The van der Waals surface area contributed by atoms with Crippen LogP contribution >= 0.6 is 0 Å². The SMILES string of the molecule is CCS(=O)(=O)NCCC[N+](C)(C)CCCOc1ccc(C(=O)c2ccccc2)cc1. The van der Waals surface area contributed by atoms with Gasteiger partial charge in [-0.05, 0) is 31.2 Å². The maximum Gasteiger partial charge on any atom is 0.211 e. The van der Waals surface area contributed by atoms with Crippen molar-refractivity contribution in [1.82, 2.24) is 4.72 Å². The van der Waals surface area contributed by atoms with Crippen LogP contribution in [0, 0.1) is 0 Å². The molecule has 2 aromatic rings. The topological polar surface area (TPSA) is 72.5 Å². The van der Waals surface area contributed by atoms with Gasteiger partial charge in [0.2, 0.25) is 10.0 Å². The van der Waals surface area contributed by atoms with Gasteiger partial charge in [-0.3, -0.25) is 4.79 Å². The molecule has 1 N–H and O–H groups in total. The van der Waals surface area contributed by atoms with Crippen LogP contribution in [0.1, 0.15) is 35.7 Å². The summed E-state index contributed by atoms with van der Waals surface area (Å²) in [5.41, 5.74) is 1.32. The number of rotatable bonds is 13. The van der Waals surface area contributed by atoms with Gasteiger partial charge >= 0.3 is 0 Å². The number of sulfonamides is 1. The van der Waals surface area contributed by atoms with Gasteiger partial charge in [0, 0.05) is 30.5 Å². The number of carbonyl (C=O) groups is 1. The number of benzene rings is 2. The molecule has 0 unspecified atom stereocenters. The smallest absolute Gasteiger partial charge is 0.211 e. The van der Waals surface area contributed by atoms with Crippen LogP contribution in [0.15, 0.2) is 54.6 Å². The molecule has 30 heavy (non-hydrogen) atoms. The van der Waals surface area contributed by atoms with Crippen LogP contribution in [-0.2, 0) is 10.0 Å². The van der Waals surface area contributed by atoms with Crippen LogP contribution in [0.4, 0.5) is 0 Å². The Bertz CT molecular complexity index is 895. The average Bonchev–Trinajstić information content (AvgIpc) is 2.75. The minimum Gasteiger partial charge on any atom is -0.493 e. The summed E-state index contributed by atoms with van der Waals surface area (Å²) in [4.78, 5) is 12.4. The highest BCUT2D eigenvalue weighted by molar-refractivity contribution is 7.89. The third kappa shape index (κ3) is 8.26. The molecule has 0 bridgehead atoms. The van der Waals surface area contributed by atoms with Crippen LogP contribution in [0.25, 0.3) is 0 Å². The highest BCUT2D eigenvalue weighted by Gasteiger charge is 2.15. The van der Waals surface area contributed by atoms with Gasteiger partial charge in [-0.2, -0.15) is 0 Å². The quantitative estimate of drug-likeness (QED) is 0.299. The fraction of sp³-hybridized carbons (Fsp3) is 0.435. The first-order valence-corrected chi connectivity index (χ1v) is 12.0. The van der Waals surface area contributed by atoms with E-state index in [0.29, 0.717) is 24.3 Å². The van der Waals surface area contributed by atoms with Crippen molar-refractivity contribution in [2.75, 3.05) is 46.1 Å². The highest BCUT2D eigenvalue weighted by atomic mass is 32.2. The van der Waals surface area contributed by atoms with Crippen LogP contribution in [0.5, 0.6) is 5.75 Å². The summed E-state index contributed by atoms with van der Waals surface area (Å²) in [7, 11) is 1.16. The maximum atomic E-state index is 12.4. The van der Waals surface area contributed by atoms with Crippen LogP contribution < -0.4 is 9.46 Å². The van der Waals surface area contributed by atoms with Gasteiger partial charge in [0.1, 0.15) is 5.75 Å². The van der Waals surface area contributed by atoms with E-state index in [2.05, 4.69) is 18.8 Å². The van der Waals surface area contributed by atoms with Gasteiger partial charge in [-0.25, -0.2) is 13.1 Å². The molecular weight excluding hydrogens is 400 g/mol. The fourth-order valence-corrected chi connectivity index (χ4v) is 3.75. The van der Waals surface area contributed by atoms with Crippen molar-refractivity contribution in [1.29, 1.82) is 0 Å². The summed E-state index contributed by atoms with van der Waals surface area (Å²) in [6.07, 6.45) is 1.68. The van der Waals surface area contributed by atoms with Crippen molar-refractivity contribution in [2.24, 2.45) is 0 Å². The van der Waals surface area contributed by atoms with E-state index >= 15 is 0 Å². The second-order valence-corrected chi connectivity index (χ2v) is 10.1. The van der Waals surface area contributed by atoms with Gasteiger partial charge in [0.05, 0.1) is 39.5 Å². The molecule has 0 spiro atoms. The van der Waals surface area contributed by atoms with Crippen molar-refractivity contribution in [3.8, 4) is 5.75 Å². The molecule has 0 atom stereocenters. The standard InChI is InChI=1S/C23H33N2O4S/c1-4-30(27,28)24-16-8-17-25(2,3)18-9-19-29-22-14-12-21(13-15-22)23(26)20-10-6-5-7-11-20/h5-7,10-15,24H,4,8-9,16-19H2,1-3H3/q+1. The molecule has 2 rings (SSSR count). The van der Waals surface area contributed by atoms with Crippen molar-refractivity contribution in [3.63, 3.8) is 0 Å². The molecule has 0 aliphatic heterocycles. The molecule has 0 heterocycles. The molecule has 0 aliphatic carbocycles. The number of ketones is 1. The first-order valence-electron chi connectivity index (χ1n) is 10.3. The lowest BCUT2D eigenvalue weighted by Gasteiger charge is -2.29. The predicted octanol–water partition coefficient (Wildman–Crippen LogP) is 3.09. The molecular formula is C23H33N2O4S+. The van der Waals surface area contributed by atoms with Crippen LogP contribution in [-0.4, -0.2) is 64.8 Å². The first-order chi connectivity index (χ1) is 14.2. The largest absolute Gasteiger partial charge is 0.493 e. The highest BCUT2D eigenvalue weighted by Crippen LogP contribution is 2.16. The number of nitrogens with zero attached hydrogens (tertiary/aromatic N) is 1. The van der Waals surface area contributed by atoms with Gasteiger partial charge in [0.25, 0.3) is 0 Å². The summed E-state index contributed by atoms with van der Waals surface area (Å²) in [6, 6.07) is 16.5. The first kappa shape index (κ1) is 24.1. The molecule has 0 aliphatic rings. The summed E-state index contributed by atoms with van der Waals surface area (Å²) in [5.74, 6) is 0.866. The number of ether oxygens (including phenoxy) is 1. The second-order valence-electron chi connectivity index (χ2n) is 7.96. The fourth-order valence-electron chi connectivity index (χ4n) is 3.09. The number of carbonyl (C=O) groups excluding carboxylic acids is 1. The Morgan fingerprint density at radius 2 is 1.53 bits per heavy atom. The minimum atomic E-state index is -3.11. The van der Waals surface area contributed by atoms with Gasteiger partial charge in [-0.15, -0.1) is 0 Å². The zero-order chi connectivity index (χ0) is 22.0. The molecule has 0 amide bonds. The lowest BCUT2D eigenvalue weighted by atomic mass is 10.0. The molecule has 0 saturated carbocycles. The van der Waals surface area contributed by atoms with E-state index in [1.54, 1.807) is 19.1 Å². The van der Waals surface area contributed by atoms with E-state index < -0.39 is 10.0 Å². The Balaban J connectivity index is 1.70. The summed E-state index contributed by atoms with van der Waals surface area (Å²) in [5, 5.41) is 0. The second kappa shape index (κ2) is 11.2. The monoisotopic (exact) mass is 433 g/mol. The normalized spacial score (nSPS) is 12.0. The van der Waals surface area contributed by atoms with Gasteiger partial charge in [0.15, 0.2) is 5.78 Å². The zero-order valence-corrected chi connectivity index (χ0v) is 19.0. The molecule has 0 aromatic heterocycles. The number of hydrogen-bond acceptors (Lipinski definition) is 4. The molecule has 7 heteroatoms. The Morgan fingerprint density at radius 3 is 2.17 bits per heavy atom. The summed E-state index contributed by atoms with van der Waals surface area (Å²) in [6.45, 7) is 4.53. The third-order valence-electron chi connectivity index (χ3n) is 4.97. The number of quaternary nitrogens is 1. The van der Waals surface area contributed by atoms with Crippen molar-refractivity contribution < 1.29 is 22.4 Å². The van der Waals surface area contributed by atoms with Crippen LogP contribution in [0.3, 0.4) is 0 Å². The van der Waals surface area contributed by atoms with Crippen molar-refractivity contribution in [2.45, 2.75) is 19.8 Å². The van der Waals surface area contributed by atoms with E-state index in [4.69, 9.17) is 4.74 Å². The number of hydrogen-bond donors (Lipinski definition) is 1. The Kier molecular flexibility index (Phi) is 9.02. The average molecular weight is 434 g/mol. The zero-order valence-electron chi connectivity index (χ0n) is 18.1. The Morgan fingerprint density at radius 1 is 0.933 bits per heavy atom. The lowest BCUT2D eigenvalue weighted by molar-refractivity contribution is -0.890. The molecule has 164 valence electrons. The summed E-state index contributed by atoms with van der Waals surface area (Å²) < 4.78 is 32.1. The van der Waals surface area contributed by atoms with Gasteiger partial charge < -0.3 is 9.22 Å². The Labute approximate surface area is 180 Å². The third-order valence-corrected chi connectivity index (χ3v) is 6.38. The molecule has 0 radical (unpaired) electrons. The molecule has 0 saturated heterocycles. The minimum absolute atomic E-state index is 0.00225. The Hall–Kier alpha value is -2.22. The van der Waals surface area contributed by atoms with Crippen molar-refractivity contribution >= 4 is 15.8 Å². The van der Waals surface area contributed by atoms with Gasteiger partial charge in [-0.1, -0.05) is 30.3 Å². The number of nitrogens with one attached hydrogen (secondary N) is 1. The molecule has 6 nitrogen and oxygen atoms in total. The van der Waals surface area contributed by atoms with E-state index in [-0.39, 0.29) is 11.5 Å².